The van der Waals surface area contributed by atoms with Gasteiger partial charge in [0, 0.05) is 49.0 Å². The van der Waals surface area contributed by atoms with E-state index < -0.39 is 42.3 Å². The number of methoxy groups -OCH3 is 1. The van der Waals surface area contributed by atoms with Crippen LogP contribution in [0.15, 0.2) is 41.3 Å². The second-order valence-electron chi connectivity index (χ2n) is 9.36. The number of thioether (sulfide) groups is 1. The SMILES string of the molecule is COc1cc(F)c(CC2Cc3ccccc3S2)cc1C1CC(OC(C)=O)[C@H](OC(C)=O)C(COC(C)=O)O1. The Morgan fingerprint density at radius 2 is 1.79 bits per heavy atom. The second-order valence-corrected chi connectivity index (χ2v) is 10.7. The van der Waals surface area contributed by atoms with E-state index >= 15 is 4.39 Å². The lowest BCUT2D eigenvalue weighted by Crippen LogP contribution is -2.51. The van der Waals surface area contributed by atoms with Crippen LogP contribution in [0.1, 0.15) is 50.0 Å². The summed E-state index contributed by atoms with van der Waals surface area (Å²) in [5, 5.41) is 0.175. The van der Waals surface area contributed by atoms with Crippen LogP contribution in [0.4, 0.5) is 4.39 Å². The Balaban J connectivity index is 1.63. The lowest BCUT2D eigenvalue weighted by molar-refractivity contribution is -0.216. The number of benzene rings is 2. The second kappa shape index (κ2) is 12.2. The summed E-state index contributed by atoms with van der Waals surface area (Å²) in [5.74, 6) is -1.82. The van der Waals surface area contributed by atoms with Crippen LogP contribution < -0.4 is 4.74 Å². The smallest absolute Gasteiger partial charge is 0.303 e. The highest BCUT2D eigenvalue weighted by Crippen LogP contribution is 2.42. The topological polar surface area (TPSA) is 97.4 Å². The van der Waals surface area contributed by atoms with Crippen molar-refractivity contribution < 1.29 is 42.5 Å². The van der Waals surface area contributed by atoms with Crippen LogP contribution in [0, 0.1) is 5.82 Å². The minimum absolute atomic E-state index is 0.124. The molecule has 4 unspecified atom stereocenters. The molecule has 0 aromatic heterocycles. The van der Waals surface area contributed by atoms with Crippen molar-refractivity contribution in [3.8, 4) is 5.75 Å². The van der Waals surface area contributed by atoms with Crippen molar-refractivity contribution >= 4 is 29.7 Å². The quantitative estimate of drug-likeness (QED) is 0.354. The third-order valence-corrected chi connectivity index (χ3v) is 7.81. The maximum absolute atomic E-state index is 15.2. The van der Waals surface area contributed by atoms with Gasteiger partial charge in [0.05, 0.1) is 13.2 Å². The lowest BCUT2D eigenvalue weighted by atomic mass is 9.91. The molecule has 10 heteroatoms. The molecule has 2 aromatic rings. The highest BCUT2D eigenvalue weighted by molar-refractivity contribution is 8.00. The monoisotopic (exact) mass is 546 g/mol. The molecule has 2 aromatic carbocycles. The molecule has 38 heavy (non-hydrogen) atoms. The normalized spacial score (nSPS) is 24.3. The zero-order chi connectivity index (χ0) is 27.4. The number of ether oxygens (including phenoxy) is 5. The zero-order valence-corrected chi connectivity index (χ0v) is 22.5. The minimum atomic E-state index is -0.994. The number of rotatable bonds is 8. The summed E-state index contributed by atoms with van der Waals surface area (Å²) in [5.41, 5.74) is 2.33. The van der Waals surface area contributed by atoms with E-state index in [1.807, 2.05) is 12.1 Å². The van der Waals surface area contributed by atoms with Crippen molar-refractivity contribution in [3.05, 3.63) is 58.9 Å². The van der Waals surface area contributed by atoms with Gasteiger partial charge < -0.3 is 23.7 Å². The molecule has 4 rings (SSSR count). The van der Waals surface area contributed by atoms with E-state index in [9.17, 15) is 14.4 Å². The number of halogens is 1. The molecule has 0 N–H and O–H groups in total. The Morgan fingerprint density at radius 1 is 1.05 bits per heavy atom. The van der Waals surface area contributed by atoms with Crippen LogP contribution in [0.2, 0.25) is 0 Å². The van der Waals surface area contributed by atoms with Crippen molar-refractivity contribution in [1.82, 2.24) is 0 Å². The van der Waals surface area contributed by atoms with Crippen molar-refractivity contribution in [3.63, 3.8) is 0 Å². The van der Waals surface area contributed by atoms with E-state index in [2.05, 4.69) is 12.1 Å². The number of esters is 3. The molecule has 8 nitrogen and oxygen atoms in total. The van der Waals surface area contributed by atoms with Gasteiger partial charge in [-0.1, -0.05) is 18.2 Å². The predicted octanol–water partition coefficient (Wildman–Crippen LogP) is 4.35. The summed E-state index contributed by atoms with van der Waals surface area (Å²) in [6.45, 7) is 3.51. The largest absolute Gasteiger partial charge is 0.496 e. The molecule has 0 bridgehead atoms. The van der Waals surface area contributed by atoms with Crippen molar-refractivity contribution in [2.45, 2.75) is 74.6 Å². The molecular formula is C28H31FO8S. The first-order chi connectivity index (χ1) is 18.1. The Kier molecular flexibility index (Phi) is 8.94. The maximum atomic E-state index is 15.2. The fraction of sp³-hybridized carbons (Fsp3) is 0.464. The molecule has 1 fully saturated rings. The summed E-state index contributed by atoms with van der Waals surface area (Å²) in [7, 11) is 1.44. The van der Waals surface area contributed by atoms with Crippen molar-refractivity contribution in [2.24, 2.45) is 0 Å². The third kappa shape index (κ3) is 6.66. The third-order valence-electron chi connectivity index (χ3n) is 6.50. The Labute approximate surface area is 225 Å². The van der Waals surface area contributed by atoms with Gasteiger partial charge in [-0.25, -0.2) is 4.39 Å². The average molecular weight is 547 g/mol. The number of hydrogen-bond acceptors (Lipinski definition) is 9. The number of hydrogen-bond donors (Lipinski definition) is 0. The summed E-state index contributed by atoms with van der Waals surface area (Å²) in [4.78, 5) is 36.4. The summed E-state index contributed by atoms with van der Waals surface area (Å²) >= 11 is 1.73. The Hall–Kier alpha value is -3.11. The fourth-order valence-corrected chi connectivity index (χ4v) is 6.30. The fourth-order valence-electron chi connectivity index (χ4n) is 4.95. The minimum Gasteiger partial charge on any atom is -0.496 e. The Bertz CT molecular complexity index is 1180. The molecule has 0 spiro atoms. The van der Waals surface area contributed by atoms with Crippen LogP contribution in [-0.4, -0.2) is 55.2 Å². The Morgan fingerprint density at radius 3 is 2.45 bits per heavy atom. The van der Waals surface area contributed by atoms with E-state index in [4.69, 9.17) is 23.7 Å². The van der Waals surface area contributed by atoms with E-state index in [0.29, 0.717) is 17.5 Å². The predicted molar refractivity (Wildman–Crippen MR) is 136 cm³/mol. The van der Waals surface area contributed by atoms with Crippen LogP contribution in [0.5, 0.6) is 5.75 Å². The van der Waals surface area contributed by atoms with Gasteiger partial charge in [0.25, 0.3) is 0 Å². The van der Waals surface area contributed by atoms with Gasteiger partial charge >= 0.3 is 17.9 Å². The molecular weight excluding hydrogens is 515 g/mol. The lowest BCUT2D eigenvalue weighted by Gasteiger charge is -2.40. The molecule has 5 atom stereocenters. The first kappa shape index (κ1) is 27.9. The molecule has 0 radical (unpaired) electrons. The van der Waals surface area contributed by atoms with Crippen LogP contribution in [-0.2, 0) is 46.2 Å². The van der Waals surface area contributed by atoms with E-state index in [1.54, 1.807) is 17.8 Å². The average Bonchev–Trinajstić information content (AvgIpc) is 3.27. The van der Waals surface area contributed by atoms with Crippen LogP contribution >= 0.6 is 11.8 Å². The molecule has 0 amide bonds. The van der Waals surface area contributed by atoms with Crippen molar-refractivity contribution in [1.29, 1.82) is 0 Å². The first-order valence-corrected chi connectivity index (χ1v) is 13.3. The van der Waals surface area contributed by atoms with Crippen LogP contribution in [0.3, 0.4) is 0 Å². The number of carbonyl (C=O) groups excluding carboxylic acids is 3. The van der Waals surface area contributed by atoms with Crippen LogP contribution in [0.25, 0.3) is 0 Å². The van der Waals surface area contributed by atoms with E-state index in [0.717, 1.165) is 6.42 Å². The van der Waals surface area contributed by atoms with Gasteiger partial charge in [-0.3, -0.25) is 14.4 Å². The first-order valence-electron chi connectivity index (χ1n) is 12.4. The molecule has 0 aliphatic carbocycles. The van der Waals surface area contributed by atoms with Gasteiger partial charge in [0.2, 0.25) is 0 Å². The van der Waals surface area contributed by atoms with Gasteiger partial charge in [-0.05, 0) is 36.1 Å². The van der Waals surface area contributed by atoms with Gasteiger partial charge in [-0.15, -0.1) is 11.8 Å². The molecule has 2 heterocycles. The van der Waals surface area contributed by atoms with E-state index in [1.165, 1.54) is 44.4 Å². The van der Waals surface area contributed by atoms with Gasteiger partial charge in [0.15, 0.2) is 6.10 Å². The maximum Gasteiger partial charge on any atom is 0.303 e. The zero-order valence-electron chi connectivity index (χ0n) is 21.7. The number of carbonyl (C=O) groups is 3. The standard InChI is InChI=1S/C28H31FO8S/c1-15(30)34-14-26-28(36-17(3)32)25(35-16(2)31)13-24(37-26)21-11-19(22(29)12-23(21)33-4)10-20-9-18-7-5-6-8-27(18)38-20/h5-8,11-12,20,24-26,28H,9-10,13-14H2,1-4H3/t20?,24?,25?,26?,28-/m0/s1. The molecule has 2 aliphatic heterocycles. The summed E-state index contributed by atoms with van der Waals surface area (Å²) < 4.78 is 43.0. The van der Waals surface area contributed by atoms with Crippen molar-refractivity contribution in [2.75, 3.05) is 13.7 Å². The molecule has 204 valence electrons. The summed E-state index contributed by atoms with van der Waals surface area (Å²) in [6.07, 6.45) is -2.06. The summed E-state index contributed by atoms with van der Waals surface area (Å²) in [6, 6.07) is 11.2. The molecule has 0 saturated carbocycles. The van der Waals surface area contributed by atoms with Gasteiger partial charge in [-0.2, -0.15) is 0 Å². The van der Waals surface area contributed by atoms with Gasteiger partial charge in [0.1, 0.15) is 30.4 Å². The number of fused-ring (bicyclic) bond motifs is 1. The highest BCUT2D eigenvalue weighted by atomic mass is 32.2. The highest BCUT2D eigenvalue weighted by Gasteiger charge is 2.45. The molecule has 1 saturated heterocycles. The molecule has 2 aliphatic rings. The van der Waals surface area contributed by atoms with E-state index in [-0.39, 0.29) is 29.8 Å².